The van der Waals surface area contributed by atoms with Crippen LogP contribution in [0.25, 0.3) is 0 Å². The van der Waals surface area contributed by atoms with Crippen molar-refractivity contribution in [2.45, 2.75) is 76.5 Å². The molecule has 0 radical (unpaired) electrons. The van der Waals surface area contributed by atoms with E-state index >= 15 is 0 Å². The maximum absolute atomic E-state index is 13.2. The molecule has 0 aliphatic carbocycles. The first-order valence-electron chi connectivity index (χ1n) is 13.3. The zero-order valence-corrected chi connectivity index (χ0v) is 23.3. The van der Waals surface area contributed by atoms with E-state index in [2.05, 4.69) is 5.32 Å². The molecule has 0 saturated carbocycles. The van der Waals surface area contributed by atoms with Gasteiger partial charge in [-0.1, -0.05) is 60.7 Å². The number of amides is 1. The second-order valence-electron chi connectivity index (χ2n) is 9.81. The molecule has 2 fully saturated rings. The minimum absolute atomic E-state index is 0.00777. The normalized spacial score (nSPS) is 24.0. The van der Waals surface area contributed by atoms with E-state index in [4.69, 9.17) is 37.9 Å². The summed E-state index contributed by atoms with van der Waals surface area (Å²) in [5.74, 6) is -1.90. The van der Waals surface area contributed by atoms with Crippen molar-refractivity contribution >= 4 is 18.2 Å². The van der Waals surface area contributed by atoms with Gasteiger partial charge in [0.25, 0.3) is 0 Å². The van der Waals surface area contributed by atoms with Gasteiger partial charge >= 0.3 is 18.2 Å². The van der Waals surface area contributed by atoms with Crippen LogP contribution >= 0.6 is 0 Å². The highest BCUT2D eigenvalue weighted by molar-refractivity contribution is 5.82. The molecule has 12 nitrogen and oxygen atoms in total. The third-order valence-corrected chi connectivity index (χ3v) is 6.39. The second-order valence-corrected chi connectivity index (χ2v) is 9.81. The summed E-state index contributed by atoms with van der Waals surface area (Å²) < 4.78 is 45.0. The fraction of sp³-hybridized carbons (Fsp3) is 0.483. The highest BCUT2D eigenvalue weighted by Crippen LogP contribution is 2.41. The average molecular weight is 574 g/mol. The molecule has 2 aliphatic rings. The summed E-state index contributed by atoms with van der Waals surface area (Å²) in [7, 11) is 1.42. The topological polar surface area (TPSA) is 137 Å². The Morgan fingerprint density at radius 2 is 1.46 bits per heavy atom. The van der Waals surface area contributed by atoms with Crippen LogP contribution in [0, 0.1) is 0 Å². The Kier molecular flexibility index (Phi) is 10.2. The number of carbonyl (C=O) groups excluding carboxylic acids is 3. The van der Waals surface area contributed by atoms with Crippen molar-refractivity contribution in [3.8, 4) is 0 Å². The summed E-state index contributed by atoms with van der Waals surface area (Å²) in [5, 5.41) is 2.48. The van der Waals surface area contributed by atoms with Crippen LogP contribution < -0.4 is 5.32 Å². The first-order valence-corrected chi connectivity index (χ1v) is 13.3. The highest BCUT2D eigenvalue weighted by Gasteiger charge is 2.60. The first-order chi connectivity index (χ1) is 19.7. The molecule has 1 amide bonds. The van der Waals surface area contributed by atoms with Crippen molar-refractivity contribution in [3.05, 3.63) is 71.8 Å². The SMILES string of the molecule is CCOC(=O)C(NC(=O)OCc1ccccc1)C(OC(=O)OCc1ccccc1)[C@H]1O[C@@H](OC)[C@@H]2OC(C)(C)O[C@@H]21. The van der Waals surface area contributed by atoms with Crippen molar-refractivity contribution in [1.29, 1.82) is 0 Å². The van der Waals surface area contributed by atoms with Crippen molar-refractivity contribution in [1.82, 2.24) is 5.32 Å². The minimum atomic E-state index is -1.56. The van der Waals surface area contributed by atoms with E-state index in [9.17, 15) is 14.4 Å². The molecule has 12 heteroatoms. The number of rotatable bonds is 11. The number of hydrogen-bond acceptors (Lipinski definition) is 11. The number of esters is 1. The molecule has 41 heavy (non-hydrogen) atoms. The van der Waals surface area contributed by atoms with Crippen LogP contribution in [0.1, 0.15) is 31.9 Å². The van der Waals surface area contributed by atoms with Gasteiger partial charge in [-0.25, -0.2) is 14.4 Å². The number of alkyl carbamates (subject to hydrolysis) is 1. The molecule has 1 N–H and O–H groups in total. The number of nitrogens with one attached hydrogen (secondary N) is 1. The van der Waals surface area contributed by atoms with E-state index in [0.717, 1.165) is 11.1 Å². The number of methoxy groups -OCH3 is 1. The van der Waals surface area contributed by atoms with Crippen LogP contribution in [-0.4, -0.2) is 74.5 Å². The van der Waals surface area contributed by atoms with Crippen LogP contribution in [0.15, 0.2) is 60.7 Å². The third kappa shape index (κ3) is 7.94. The van der Waals surface area contributed by atoms with Gasteiger partial charge in [0.2, 0.25) is 0 Å². The van der Waals surface area contributed by atoms with E-state index in [-0.39, 0.29) is 19.8 Å². The molecule has 4 rings (SSSR count). The molecule has 0 spiro atoms. The van der Waals surface area contributed by atoms with E-state index in [1.54, 1.807) is 69.3 Å². The van der Waals surface area contributed by atoms with Gasteiger partial charge in [0.05, 0.1) is 6.61 Å². The van der Waals surface area contributed by atoms with Crippen LogP contribution in [0.5, 0.6) is 0 Å². The molecular formula is C29H35NO11. The Bertz CT molecular complexity index is 1160. The predicted molar refractivity (Wildman–Crippen MR) is 141 cm³/mol. The zero-order chi connectivity index (χ0) is 29.4. The monoisotopic (exact) mass is 573 g/mol. The lowest BCUT2D eigenvalue weighted by molar-refractivity contribution is -0.239. The average Bonchev–Trinajstić information content (AvgIpc) is 3.46. The van der Waals surface area contributed by atoms with Gasteiger partial charge in [-0.05, 0) is 31.9 Å². The van der Waals surface area contributed by atoms with Gasteiger partial charge in [-0.3, -0.25) is 0 Å². The Hall–Kier alpha value is -3.71. The van der Waals surface area contributed by atoms with E-state index in [0.29, 0.717) is 0 Å². The van der Waals surface area contributed by atoms with E-state index < -0.39 is 60.8 Å². The summed E-state index contributed by atoms with van der Waals surface area (Å²) in [6.45, 7) is 4.86. The third-order valence-electron chi connectivity index (χ3n) is 6.39. The molecule has 222 valence electrons. The molecule has 0 bridgehead atoms. The number of carbonyl (C=O) groups is 3. The Morgan fingerprint density at radius 1 is 0.878 bits per heavy atom. The van der Waals surface area contributed by atoms with Crippen molar-refractivity contribution in [3.63, 3.8) is 0 Å². The minimum Gasteiger partial charge on any atom is -0.464 e. The molecule has 6 atom stereocenters. The van der Waals surface area contributed by atoms with E-state index in [1.165, 1.54) is 7.11 Å². The van der Waals surface area contributed by atoms with Gasteiger partial charge in [0.15, 0.2) is 24.2 Å². The number of benzene rings is 2. The Balaban J connectivity index is 1.57. The molecule has 2 unspecified atom stereocenters. The maximum Gasteiger partial charge on any atom is 0.509 e. The summed E-state index contributed by atoms with van der Waals surface area (Å²) in [6, 6.07) is 16.4. The number of hydrogen-bond donors (Lipinski definition) is 1. The van der Waals surface area contributed by atoms with Gasteiger partial charge < -0.3 is 43.2 Å². The smallest absolute Gasteiger partial charge is 0.464 e. The van der Waals surface area contributed by atoms with Crippen LogP contribution in [0.3, 0.4) is 0 Å². The van der Waals surface area contributed by atoms with Crippen molar-refractivity contribution < 1.29 is 52.3 Å². The van der Waals surface area contributed by atoms with Gasteiger partial charge in [-0.2, -0.15) is 0 Å². The Labute approximate surface area is 238 Å². The number of ether oxygens (including phenoxy) is 8. The van der Waals surface area contributed by atoms with E-state index in [1.807, 2.05) is 12.1 Å². The van der Waals surface area contributed by atoms with Gasteiger partial charge in [-0.15, -0.1) is 0 Å². The highest BCUT2D eigenvalue weighted by atomic mass is 16.8. The van der Waals surface area contributed by atoms with Gasteiger partial charge in [0, 0.05) is 7.11 Å². The molecule has 2 aromatic rings. The lowest BCUT2D eigenvalue weighted by atomic mass is 9.99. The molecule has 2 heterocycles. The van der Waals surface area contributed by atoms with Crippen LogP contribution in [-0.2, 0) is 55.9 Å². The zero-order valence-electron chi connectivity index (χ0n) is 23.3. The standard InChI is InChI=1S/C29H35NO11/c1-5-35-25(31)20(30-27(32)36-16-18-12-8-6-9-13-18)21(39-28(33)37-17-19-14-10-7-11-15-19)22-23-24(26(34-4)38-22)41-29(2,3)40-23/h6-15,20-24,26H,5,16-17H2,1-4H3,(H,30,32)/t20?,21?,22-,23-,24-,26-/m1/s1. The summed E-state index contributed by atoms with van der Waals surface area (Å²) >= 11 is 0. The maximum atomic E-state index is 13.2. The fourth-order valence-electron chi connectivity index (χ4n) is 4.63. The summed E-state index contributed by atoms with van der Waals surface area (Å²) in [6.07, 6.45) is -7.11. The summed E-state index contributed by atoms with van der Waals surface area (Å²) in [5.41, 5.74) is 1.45. The molecule has 2 saturated heterocycles. The fourth-order valence-corrected chi connectivity index (χ4v) is 4.63. The molecule has 2 aromatic carbocycles. The summed E-state index contributed by atoms with van der Waals surface area (Å²) in [4.78, 5) is 39.0. The predicted octanol–water partition coefficient (Wildman–Crippen LogP) is 3.46. The molecule has 2 aliphatic heterocycles. The van der Waals surface area contributed by atoms with Gasteiger partial charge in [0.1, 0.15) is 31.5 Å². The molecule has 0 aromatic heterocycles. The van der Waals surface area contributed by atoms with Crippen LogP contribution in [0.4, 0.5) is 9.59 Å². The largest absolute Gasteiger partial charge is 0.509 e. The first kappa shape index (κ1) is 30.3. The van der Waals surface area contributed by atoms with Crippen molar-refractivity contribution in [2.24, 2.45) is 0 Å². The lowest BCUT2D eigenvalue weighted by Crippen LogP contribution is -2.58. The lowest BCUT2D eigenvalue weighted by Gasteiger charge is -2.32. The number of fused-ring (bicyclic) bond motifs is 1. The van der Waals surface area contributed by atoms with Crippen molar-refractivity contribution in [2.75, 3.05) is 13.7 Å². The quantitative estimate of drug-likeness (QED) is 0.313. The Morgan fingerprint density at radius 3 is 2.05 bits per heavy atom. The second kappa shape index (κ2) is 13.8. The molecular weight excluding hydrogens is 538 g/mol. The van der Waals surface area contributed by atoms with Crippen LogP contribution in [0.2, 0.25) is 0 Å².